The summed E-state index contributed by atoms with van der Waals surface area (Å²) >= 11 is 1.23. The first-order valence-corrected chi connectivity index (χ1v) is 8.10. The summed E-state index contributed by atoms with van der Waals surface area (Å²) in [6.45, 7) is 0. The topological polar surface area (TPSA) is 38.7 Å². The second kappa shape index (κ2) is 4.22. The Morgan fingerprint density at radius 3 is 1.94 bits per heavy atom. The highest BCUT2D eigenvalue weighted by molar-refractivity contribution is 8.57. The van der Waals surface area contributed by atoms with Crippen LogP contribution in [0.15, 0.2) is 59.5 Å². The smallest absolute Gasteiger partial charge is 0.403 e. The van der Waals surface area contributed by atoms with Crippen molar-refractivity contribution in [1.82, 2.24) is 0 Å². The van der Waals surface area contributed by atoms with Crippen molar-refractivity contribution in [3.05, 3.63) is 54.6 Å². The highest BCUT2D eigenvalue weighted by Crippen LogP contribution is 2.74. The van der Waals surface area contributed by atoms with Crippen molar-refractivity contribution in [2.24, 2.45) is 0 Å². The van der Waals surface area contributed by atoms with Gasteiger partial charge in [0.25, 0.3) is 0 Å². The molecule has 0 fully saturated rings. The van der Waals surface area contributed by atoms with E-state index in [1.165, 1.54) is 11.4 Å². The van der Waals surface area contributed by atoms with E-state index in [9.17, 15) is 4.89 Å². The highest BCUT2D eigenvalue weighted by Gasteiger charge is 2.40. The van der Waals surface area contributed by atoms with Crippen molar-refractivity contribution < 1.29 is 13.9 Å². The van der Waals surface area contributed by atoms with E-state index < -0.39 is 7.15 Å². The predicted molar refractivity (Wildman–Crippen MR) is 69.1 cm³/mol. The van der Waals surface area contributed by atoms with E-state index in [1.807, 2.05) is 42.5 Å². The molecule has 0 bridgehead atoms. The van der Waals surface area contributed by atoms with Crippen LogP contribution < -0.4 is 9.05 Å². The standard InChI is InChI=1S/C12H10O3PS/c13-16(17-10-6-2-1-3-7-10)14-11-8-4-5-9-12(11)15-16/h1-9,13H. The molecule has 87 valence electrons. The predicted octanol–water partition coefficient (Wildman–Crippen LogP) is 3.92. The second-order valence-electron chi connectivity index (χ2n) is 3.50. The number of fused-ring (bicyclic) bond motifs is 1. The fraction of sp³-hybridized carbons (Fsp3) is 0. The molecule has 1 heterocycles. The van der Waals surface area contributed by atoms with Crippen LogP contribution in [0.2, 0.25) is 0 Å². The van der Waals surface area contributed by atoms with Crippen molar-refractivity contribution in [2.45, 2.75) is 4.90 Å². The minimum absolute atomic E-state index is 0.603. The van der Waals surface area contributed by atoms with E-state index in [4.69, 9.17) is 9.05 Å². The second-order valence-corrected chi connectivity index (χ2v) is 7.39. The first-order chi connectivity index (χ1) is 8.25. The largest absolute Gasteiger partial charge is 0.415 e. The van der Waals surface area contributed by atoms with Crippen molar-refractivity contribution in [1.29, 1.82) is 0 Å². The lowest BCUT2D eigenvalue weighted by atomic mass is 10.3. The van der Waals surface area contributed by atoms with E-state index >= 15 is 0 Å². The van der Waals surface area contributed by atoms with Crippen LogP contribution in [0.1, 0.15) is 0 Å². The normalized spacial score (nSPS) is 15.8. The maximum absolute atomic E-state index is 10.3. The fourth-order valence-electron chi connectivity index (χ4n) is 1.52. The van der Waals surface area contributed by atoms with E-state index in [1.54, 1.807) is 12.1 Å². The number of para-hydroxylation sites is 2. The van der Waals surface area contributed by atoms with E-state index in [-0.39, 0.29) is 0 Å². The molecule has 0 atom stereocenters. The summed E-state index contributed by atoms with van der Waals surface area (Å²) in [4.78, 5) is 11.2. The minimum atomic E-state index is -2.91. The molecule has 1 aliphatic rings. The molecule has 0 aliphatic carbocycles. The Kier molecular flexibility index (Phi) is 2.71. The molecular weight excluding hydrogens is 255 g/mol. The summed E-state index contributed by atoms with van der Waals surface area (Å²) in [6, 6.07) is 16.9. The van der Waals surface area contributed by atoms with Gasteiger partial charge in [-0.25, -0.2) is 0 Å². The first kappa shape index (κ1) is 10.9. The molecule has 0 spiro atoms. The lowest BCUT2D eigenvalue weighted by molar-refractivity contribution is 0.420. The summed E-state index contributed by atoms with van der Waals surface area (Å²) in [6.07, 6.45) is 0. The maximum atomic E-state index is 10.3. The maximum Gasteiger partial charge on any atom is 0.403 e. The van der Waals surface area contributed by atoms with Gasteiger partial charge < -0.3 is 13.9 Å². The molecule has 0 aromatic heterocycles. The molecule has 2 aromatic rings. The molecular formula is C12H10O3PS. The van der Waals surface area contributed by atoms with Gasteiger partial charge in [-0.1, -0.05) is 30.3 Å². The van der Waals surface area contributed by atoms with Crippen molar-refractivity contribution in [2.75, 3.05) is 0 Å². The van der Waals surface area contributed by atoms with Crippen LogP contribution >= 0.6 is 18.5 Å². The van der Waals surface area contributed by atoms with E-state index in [0.29, 0.717) is 11.5 Å². The third-order valence-corrected chi connectivity index (χ3v) is 5.58. The molecule has 17 heavy (non-hydrogen) atoms. The average Bonchev–Trinajstić information content (AvgIpc) is 2.66. The molecule has 0 saturated heterocycles. The van der Waals surface area contributed by atoms with Crippen LogP contribution in [0.25, 0.3) is 0 Å². The molecule has 0 unspecified atom stereocenters. The van der Waals surface area contributed by atoms with Crippen LogP contribution in [0.5, 0.6) is 11.5 Å². The Hall–Kier alpha value is -1.22. The van der Waals surface area contributed by atoms with Gasteiger partial charge in [0.15, 0.2) is 11.5 Å². The molecule has 3 rings (SSSR count). The van der Waals surface area contributed by atoms with Crippen molar-refractivity contribution in [3.8, 4) is 11.5 Å². The molecule has 1 N–H and O–H groups in total. The monoisotopic (exact) mass is 265 g/mol. The lowest BCUT2D eigenvalue weighted by Crippen LogP contribution is -1.95. The number of hydrogen-bond donors (Lipinski definition) is 1. The van der Waals surface area contributed by atoms with Gasteiger partial charge in [-0.15, -0.1) is 0 Å². The van der Waals surface area contributed by atoms with Gasteiger partial charge in [0.2, 0.25) is 0 Å². The van der Waals surface area contributed by atoms with Crippen LogP contribution in [0, 0.1) is 0 Å². The van der Waals surface area contributed by atoms with Gasteiger partial charge in [-0.2, -0.15) is 0 Å². The summed E-state index contributed by atoms with van der Waals surface area (Å²) in [5.74, 6) is 1.21. The Morgan fingerprint density at radius 2 is 1.35 bits per heavy atom. The van der Waals surface area contributed by atoms with E-state index in [0.717, 1.165) is 4.90 Å². The summed E-state index contributed by atoms with van der Waals surface area (Å²) in [5, 5.41) is 0. The third-order valence-electron chi connectivity index (χ3n) is 2.24. The number of benzene rings is 2. The highest BCUT2D eigenvalue weighted by atomic mass is 32.7. The minimum Gasteiger partial charge on any atom is -0.415 e. The molecule has 2 aromatic carbocycles. The number of hydrogen-bond acceptors (Lipinski definition) is 4. The quantitative estimate of drug-likeness (QED) is 0.835. The number of rotatable bonds is 2. The van der Waals surface area contributed by atoms with Crippen LogP contribution in [-0.2, 0) is 0 Å². The van der Waals surface area contributed by atoms with Crippen molar-refractivity contribution >= 4 is 18.5 Å². The SMILES string of the molecule is O[P]1(Sc2ccccc2)Oc2ccccc2O1. The van der Waals surface area contributed by atoms with Gasteiger partial charge in [-0.05, 0) is 24.3 Å². The van der Waals surface area contributed by atoms with Crippen LogP contribution in [0.3, 0.4) is 0 Å². The molecule has 3 nitrogen and oxygen atoms in total. The Balaban J connectivity index is 1.82. The molecule has 0 saturated carbocycles. The van der Waals surface area contributed by atoms with Crippen LogP contribution in [-0.4, -0.2) is 4.89 Å². The zero-order chi connectivity index (χ0) is 11.7. The molecule has 0 amide bonds. The fourth-order valence-corrected chi connectivity index (χ4v) is 4.85. The van der Waals surface area contributed by atoms with Gasteiger partial charge in [0, 0.05) is 16.3 Å². The van der Waals surface area contributed by atoms with Gasteiger partial charge in [-0.3, -0.25) is 0 Å². The zero-order valence-electron chi connectivity index (χ0n) is 8.82. The third kappa shape index (κ3) is 2.25. The first-order valence-electron chi connectivity index (χ1n) is 5.10. The molecule has 5 heteroatoms. The average molecular weight is 265 g/mol. The Bertz CT molecular complexity index is 507. The van der Waals surface area contributed by atoms with E-state index in [2.05, 4.69) is 0 Å². The van der Waals surface area contributed by atoms with Crippen molar-refractivity contribution in [3.63, 3.8) is 0 Å². The summed E-state index contributed by atoms with van der Waals surface area (Å²) in [5.41, 5.74) is 0. The molecule has 1 radical (unpaired) electrons. The molecule has 1 aliphatic heterocycles. The lowest BCUT2D eigenvalue weighted by Gasteiger charge is -2.19. The van der Waals surface area contributed by atoms with Crippen LogP contribution in [0.4, 0.5) is 0 Å². The van der Waals surface area contributed by atoms with Gasteiger partial charge in [0.05, 0.1) is 0 Å². The zero-order valence-corrected chi connectivity index (χ0v) is 10.5. The van der Waals surface area contributed by atoms with Gasteiger partial charge in [0.1, 0.15) is 0 Å². The summed E-state index contributed by atoms with van der Waals surface area (Å²) < 4.78 is 11.0. The summed E-state index contributed by atoms with van der Waals surface area (Å²) in [7, 11) is -2.91. The van der Waals surface area contributed by atoms with Gasteiger partial charge >= 0.3 is 7.15 Å². The Morgan fingerprint density at radius 1 is 0.824 bits per heavy atom. The Labute approximate surface area is 104 Å².